The Bertz CT molecular complexity index is 662. The highest BCUT2D eigenvalue weighted by Crippen LogP contribution is 2.29. The molecule has 0 bridgehead atoms. The number of carbonyl (C=O) groups is 1. The van der Waals surface area contributed by atoms with E-state index in [1.165, 1.54) is 0 Å². The standard InChI is InChI=1S/C13H15F2NO4S/c1-8-6-9(13(17)18)4-5-16(8)21(19,20)12-3-2-10(14)7-11(12)15/h2-3,7-9H,4-6H2,1H3,(H,17,18). The maximum absolute atomic E-state index is 13.7. The molecule has 1 heterocycles. The molecule has 0 aliphatic carbocycles. The molecule has 1 fully saturated rings. The SMILES string of the molecule is CC1CC(C(=O)O)CCN1S(=O)(=O)c1ccc(F)cc1F. The van der Waals surface area contributed by atoms with E-state index in [1.807, 2.05) is 0 Å². The van der Waals surface area contributed by atoms with Gasteiger partial charge in [-0.25, -0.2) is 17.2 Å². The Morgan fingerprint density at radius 2 is 2.05 bits per heavy atom. The minimum atomic E-state index is -4.11. The van der Waals surface area contributed by atoms with E-state index < -0.39 is 44.5 Å². The fraction of sp³-hybridized carbons (Fsp3) is 0.462. The van der Waals surface area contributed by atoms with Gasteiger partial charge >= 0.3 is 5.97 Å². The Kier molecular flexibility index (Phi) is 4.29. The fourth-order valence-corrected chi connectivity index (χ4v) is 4.25. The zero-order valence-corrected chi connectivity index (χ0v) is 12.1. The van der Waals surface area contributed by atoms with Gasteiger partial charge in [0.15, 0.2) is 0 Å². The van der Waals surface area contributed by atoms with Gasteiger partial charge in [0.1, 0.15) is 16.5 Å². The van der Waals surface area contributed by atoms with Crippen LogP contribution in [0.5, 0.6) is 0 Å². The van der Waals surface area contributed by atoms with Crippen molar-refractivity contribution in [2.75, 3.05) is 6.54 Å². The summed E-state index contributed by atoms with van der Waals surface area (Å²) in [6.07, 6.45) is 0.332. The summed E-state index contributed by atoms with van der Waals surface area (Å²) >= 11 is 0. The predicted molar refractivity (Wildman–Crippen MR) is 70.1 cm³/mol. The van der Waals surface area contributed by atoms with E-state index >= 15 is 0 Å². The minimum Gasteiger partial charge on any atom is -0.481 e. The highest BCUT2D eigenvalue weighted by atomic mass is 32.2. The number of rotatable bonds is 3. The summed E-state index contributed by atoms with van der Waals surface area (Å²) in [6, 6.07) is 1.72. The third-order valence-corrected chi connectivity index (χ3v) is 5.69. The zero-order chi connectivity index (χ0) is 15.8. The van der Waals surface area contributed by atoms with E-state index in [9.17, 15) is 22.0 Å². The molecule has 0 saturated carbocycles. The van der Waals surface area contributed by atoms with Gasteiger partial charge in [-0.1, -0.05) is 0 Å². The average Bonchev–Trinajstić information content (AvgIpc) is 2.37. The molecule has 2 atom stereocenters. The first kappa shape index (κ1) is 15.8. The van der Waals surface area contributed by atoms with E-state index in [2.05, 4.69) is 0 Å². The molecule has 2 unspecified atom stereocenters. The molecule has 2 rings (SSSR count). The van der Waals surface area contributed by atoms with Crippen LogP contribution < -0.4 is 0 Å². The topological polar surface area (TPSA) is 74.7 Å². The summed E-state index contributed by atoms with van der Waals surface area (Å²) in [6.45, 7) is 1.57. The Morgan fingerprint density at radius 1 is 1.38 bits per heavy atom. The van der Waals surface area contributed by atoms with Gasteiger partial charge in [-0.05, 0) is 31.9 Å². The Morgan fingerprint density at radius 3 is 2.57 bits per heavy atom. The van der Waals surface area contributed by atoms with Crippen LogP contribution in [0.1, 0.15) is 19.8 Å². The molecule has 0 aromatic heterocycles. The summed E-state index contributed by atoms with van der Waals surface area (Å²) in [5.41, 5.74) is 0. The number of carboxylic acid groups (broad SMARTS) is 1. The van der Waals surface area contributed by atoms with Crippen LogP contribution in [-0.4, -0.2) is 36.4 Å². The number of hydrogen-bond donors (Lipinski definition) is 1. The zero-order valence-electron chi connectivity index (χ0n) is 11.3. The molecule has 0 radical (unpaired) electrons. The van der Waals surface area contributed by atoms with Crippen molar-refractivity contribution in [1.29, 1.82) is 0 Å². The van der Waals surface area contributed by atoms with Crippen molar-refractivity contribution in [2.24, 2.45) is 5.92 Å². The molecule has 8 heteroatoms. The summed E-state index contributed by atoms with van der Waals surface area (Å²) < 4.78 is 52.5. The van der Waals surface area contributed by atoms with Crippen molar-refractivity contribution < 1.29 is 27.1 Å². The van der Waals surface area contributed by atoms with E-state index in [0.717, 1.165) is 16.4 Å². The van der Waals surface area contributed by atoms with Crippen molar-refractivity contribution in [3.8, 4) is 0 Å². The largest absolute Gasteiger partial charge is 0.481 e. The number of sulfonamides is 1. The number of halogens is 2. The van der Waals surface area contributed by atoms with Gasteiger partial charge in [0, 0.05) is 18.7 Å². The number of aliphatic carboxylic acids is 1. The molecule has 1 aliphatic heterocycles. The third-order valence-electron chi connectivity index (χ3n) is 3.65. The summed E-state index contributed by atoms with van der Waals surface area (Å²) in [7, 11) is -4.11. The first-order valence-electron chi connectivity index (χ1n) is 6.43. The highest BCUT2D eigenvalue weighted by molar-refractivity contribution is 7.89. The second-order valence-corrected chi connectivity index (χ2v) is 6.96. The summed E-state index contributed by atoms with van der Waals surface area (Å²) in [4.78, 5) is 10.4. The van der Waals surface area contributed by atoms with Crippen molar-refractivity contribution in [3.05, 3.63) is 29.8 Å². The Labute approximate surface area is 121 Å². The number of benzene rings is 1. The predicted octanol–water partition coefficient (Wildman–Crippen LogP) is 1.84. The minimum absolute atomic E-state index is 0.00270. The lowest BCUT2D eigenvalue weighted by Crippen LogP contribution is -2.46. The van der Waals surface area contributed by atoms with Crippen LogP contribution in [0.4, 0.5) is 8.78 Å². The van der Waals surface area contributed by atoms with E-state index in [4.69, 9.17) is 5.11 Å². The Hall–Kier alpha value is -1.54. The normalized spacial score (nSPS) is 24.0. The van der Waals surface area contributed by atoms with Crippen molar-refractivity contribution in [1.82, 2.24) is 4.31 Å². The van der Waals surface area contributed by atoms with Crippen LogP contribution in [0.25, 0.3) is 0 Å². The first-order chi connectivity index (χ1) is 9.73. The molecule has 21 heavy (non-hydrogen) atoms. The van der Waals surface area contributed by atoms with Crippen molar-refractivity contribution >= 4 is 16.0 Å². The van der Waals surface area contributed by atoms with E-state index in [-0.39, 0.29) is 19.4 Å². The Balaban J connectivity index is 2.30. The molecule has 1 aliphatic rings. The summed E-state index contributed by atoms with van der Waals surface area (Å²) in [5, 5.41) is 8.97. The first-order valence-corrected chi connectivity index (χ1v) is 7.87. The number of piperidine rings is 1. The monoisotopic (exact) mass is 319 g/mol. The fourth-order valence-electron chi connectivity index (χ4n) is 2.54. The van der Waals surface area contributed by atoms with Gasteiger partial charge in [0.2, 0.25) is 10.0 Å². The lowest BCUT2D eigenvalue weighted by Gasteiger charge is -2.35. The summed E-state index contributed by atoms with van der Waals surface area (Å²) in [5.74, 6) is -3.58. The van der Waals surface area contributed by atoms with Gasteiger partial charge in [0.25, 0.3) is 0 Å². The van der Waals surface area contributed by atoms with Crippen LogP contribution in [-0.2, 0) is 14.8 Å². The van der Waals surface area contributed by atoms with Gasteiger partial charge < -0.3 is 5.11 Å². The van der Waals surface area contributed by atoms with Crippen LogP contribution in [0.15, 0.2) is 23.1 Å². The molecule has 0 amide bonds. The molecule has 1 saturated heterocycles. The van der Waals surface area contributed by atoms with Gasteiger partial charge in [0.05, 0.1) is 5.92 Å². The number of carboxylic acids is 1. The molecule has 116 valence electrons. The lowest BCUT2D eigenvalue weighted by molar-refractivity contribution is -0.143. The van der Waals surface area contributed by atoms with Gasteiger partial charge in [-0.2, -0.15) is 4.31 Å². The van der Waals surface area contributed by atoms with E-state index in [1.54, 1.807) is 6.92 Å². The van der Waals surface area contributed by atoms with E-state index in [0.29, 0.717) is 6.07 Å². The molecule has 1 N–H and O–H groups in total. The maximum Gasteiger partial charge on any atom is 0.306 e. The second-order valence-electron chi connectivity index (χ2n) is 5.10. The van der Waals surface area contributed by atoms with Crippen LogP contribution in [0.3, 0.4) is 0 Å². The molecule has 0 spiro atoms. The highest BCUT2D eigenvalue weighted by Gasteiger charge is 2.37. The van der Waals surface area contributed by atoms with Crippen molar-refractivity contribution in [2.45, 2.75) is 30.7 Å². The smallest absolute Gasteiger partial charge is 0.306 e. The molecular weight excluding hydrogens is 304 g/mol. The molecule has 1 aromatic carbocycles. The molecule has 5 nitrogen and oxygen atoms in total. The van der Waals surface area contributed by atoms with Crippen LogP contribution in [0, 0.1) is 17.6 Å². The average molecular weight is 319 g/mol. The molecule has 1 aromatic rings. The third kappa shape index (κ3) is 3.06. The van der Waals surface area contributed by atoms with Crippen LogP contribution in [0.2, 0.25) is 0 Å². The number of hydrogen-bond acceptors (Lipinski definition) is 3. The number of nitrogens with zero attached hydrogens (tertiary/aromatic N) is 1. The second kappa shape index (κ2) is 5.69. The van der Waals surface area contributed by atoms with Crippen molar-refractivity contribution in [3.63, 3.8) is 0 Å². The van der Waals surface area contributed by atoms with Gasteiger partial charge in [-0.15, -0.1) is 0 Å². The lowest BCUT2D eigenvalue weighted by atomic mass is 9.93. The molecular formula is C13H15F2NO4S. The van der Waals surface area contributed by atoms with Gasteiger partial charge in [-0.3, -0.25) is 4.79 Å². The maximum atomic E-state index is 13.7. The van der Waals surface area contributed by atoms with Crippen LogP contribution >= 0.6 is 0 Å². The quantitative estimate of drug-likeness (QED) is 0.922.